The summed E-state index contributed by atoms with van der Waals surface area (Å²) < 4.78 is 28.1. The zero-order chi connectivity index (χ0) is 15.5. The number of carboxylic acid groups (broad SMARTS) is 1. The molecule has 0 spiro atoms. The predicted molar refractivity (Wildman–Crippen MR) is 79.4 cm³/mol. The van der Waals surface area contributed by atoms with Crippen LogP contribution in [0.4, 0.5) is 0 Å². The maximum Gasteiger partial charge on any atom is 0.306 e. The topological polar surface area (TPSA) is 99.6 Å². The zero-order valence-corrected chi connectivity index (χ0v) is 13.4. The van der Waals surface area contributed by atoms with E-state index in [1.54, 1.807) is 0 Å². The van der Waals surface area contributed by atoms with Gasteiger partial charge in [0.2, 0.25) is 0 Å². The van der Waals surface area contributed by atoms with Gasteiger partial charge in [-0.2, -0.15) is 12.7 Å². The minimum atomic E-state index is -3.53. The standard InChI is InChI=1S/C12H19N3O4S2/c1-9-14-11(8-20-9)2-5-13-21(18,19)15-6-3-10(4-7-15)12(16)17/h8,10,13H,2-7H2,1H3,(H,16,17). The lowest BCUT2D eigenvalue weighted by Crippen LogP contribution is -2.46. The maximum atomic E-state index is 12.1. The van der Waals surface area contributed by atoms with E-state index in [1.807, 2.05) is 12.3 Å². The van der Waals surface area contributed by atoms with Crippen LogP contribution in [-0.2, 0) is 21.4 Å². The number of aryl methyl sites for hydroxylation is 1. The van der Waals surface area contributed by atoms with Gasteiger partial charge in [-0.15, -0.1) is 11.3 Å². The van der Waals surface area contributed by atoms with Crippen LogP contribution in [-0.4, -0.2) is 48.4 Å². The van der Waals surface area contributed by atoms with Crippen molar-refractivity contribution in [2.75, 3.05) is 19.6 Å². The molecule has 1 aromatic rings. The van der Waals surface area contributed by atoms with Crippen molar-refractivity contribution in [2.24, 2.45) is 5.92 Å². The molecule has 2 N–H and O–H groups in total. The Bertz CT molecular complexity index is 591. The third-order valence-corrected chi connectivity index (χ3v) is 5.91. The highest BCUT2D eigenvalue weighted by Crippen LogP contribution is 2.19. The summed E-state index contributed by atoms with van der Waals surface area (Å²) in [5.41, 5.74) is 0.879. The zero-order valence-electron chi connectivity index (χ0n) is 11.8. The Hall–Kier alpha value is -1.03. The molecule has 0 unspecified atom stereocenters. The van der Waals surface area contributed by atoms with Gasteiger partial charge in [0.1, 0.15) is 0 Å². The first kappa shape index (κ1) is 16.3. The summed E-state index contributed by atoms with van der Waals surface area (Å²) in [5.74, 6) is -1.28. The molecule has 9 heteroatoms. The van der Waals surface area contributed by atoms with Gasteiger partial charge in [0.05, 0.1) is 16.6 Å². The minimum absolute atomic E-state index is 0.252. The van der Waals surface area contributed by atoms with Crippen LogP contribution in [0, 0.1) is 12.8 Å². The van der Waals surface area contributed by atoms with Gasteiger partial charge in [0.25, 0.3) is 10.2 Å². The first-order valence-corrected chi connectivity index (χ1v) is 9.09. The van der Waals surface area contributed by atoms with Crippen LogP contribution in [0.3, 0.4) is 0 Å². The molecule has 1 saturated heterocycles. The molecular weight excluding hydrogens is 314 g/mol. The van der Waals surface area contributed by atoms with Crippen molar-refractivity contribution in [2.45, 2.75) is 26.2 Å². The van der Waals surface area contributed by atoms with E-state index >= 15 is 0 Å². The molecule has 7 nitrogen and oxygen atoms in total. The average Bonchev–Trinajstić information content (AvgIpc) is 2.84. The smallest absolute Gasteiger partial charge is 0.306 e. The molecule has 0 saturated carbocycles. The fraction of sp³-hybridized carbons (Fsp3) is 0.667. The van der Waals surface area contributed by atoms with Crippen LogP contribution in [0.1, 0.15) is 23.5 Å². The molecular formula is C12H19N3O4S2. The van der Waals surface area contributed by atoms with Gasteiger partial charge in [0.15, 0.2) is 0 Å². The Kier molecular flexibility index (Phi) is 5.31. The van der Waals surface area contributed by atoms with E-state index in [2.05, 4.69) is 9.71 Å². The number of carboxylic acids is 1. The quantitative estimate of drug-likeness (QED) is 0.795. The highest BCUT2D eigenvalue weighted by atomic mass is 32.2. The lowest BCUT2D eigenvalue weighted by Gasteiger charge is -2.29. The molecule has 1 aromatic heterocycles. The number of carbonyl (C=O) groups is 1. The molecule has 0 aromatic carbocycles. The summed E-state index contributed by atoms with van der Waals surface area (Å²) in [6.45, 7) is 2.71. The summed E-state index contributed by atoms with van der Waals surface area (Å²) >= 11 is 1.54. The number of aromatic nitrogens is 1. The Morgan fingerprint density at radius 3 is 2.71 bits per heavy atom. The van der Waals surface area contributed by atoms with Crippen LogP contribution in [0.5, 0.6) is 0 Å². The van der Waals surface area contributed by atoms with Crippen molar-refractivity contribution in [3.8, 4) is 0 Å². The molecule has 0 radical (unpaired) electrons. The van der Waals surface area contributed by atoms with Crippen LogP contribution in [0.15, 0.2) is 5.38 Å². The highest BCUT2D eigenvalue weighted by molar-refractivity contribution is 7.87. The monoisotopic (exact) mass is 333 g/mol. The van der Waals surface area contributed by atoms with E-state index in [1.165, 1.54) is 15.6 Å². The molecule has 1 aliphatic heterocycles. The third-order valence-electron chi connectivity index (χ3n) is 3.48. The first-order chi connectivity index (χ1) is 9.88. The van der Waals surface area contributed by atoms with E-state index in [9.17, 15) is 13.2 Å². The number of piperidine rings is 1. The van der Waals surface area contributed by atoms with E-state index in [0.717, 1.165) is 10.7 Å². The molecule has 0 amide bonds. The largest absolute Gasteiger partial charge is 0.481 e. The summed E-state index contributed by atoms with van der Waals surface area (Å²) in [6, 6.07) is 0. The van der Waals surface area contributed by atoms with Gasteiger partial charge in [-0.05, 0) is 19.8 Å². The molecule has 21 heavy (non-hydrogen) atoms. The number of aliphatic carboxylic acids is 1. The van der Waals surface area contributed by atoms with Gasteiger partial charge in [0, 0.05) is 31.4 Å². The predicted octanol–water partition coefficient (Wildman–Crippen LogP) is 0.625. The normalized spacial score (nSPS) is 18.0. The highest BCUT2D eigenvalue weighted by Gasteiger charge is 2.30. The van der Waals surface area contributed by atoms with Gasteiger partial charge in [-0.1, -0.05) is 0 Å². The summed E-state index contributed by atoms with van der Waals surface area (Å²) in [5, 5.41) is 11.8. The first-order valence-electron chi connectivity index (χ1n) is 6.77. The molecule has 0 aliphatic carbocycles. The lowest BCUT2D eigenvalue weighted by atomic mass is 9.99. The molecule has 1 fully saturated rings. The third kappa shape index (κ3) is 4.47. The lowest BCUT2D eigenvalue weighted by molar-refractivity contribution is -0.142. The average molecular weight is 333 g/mol. The maximum absolute atomic E-state index is 12.1. The second kappa shape index (κ2) is 6.82. The fourth-order valence-corrected chi connectivity index (χ4v) is 4.15. The van der Waals surface area contributed by atoms with Crippen molar-refractivity contribution in [3.63, 3.8) is 0 Å². The van der Waals surface area contributed by atoms with E-state index < -0.39 is 22.1 Å². The van der Waals surface area contributed by atoms with Crippen LogP contribution >= 0.6 is 11.3 Å². The minimum Gasteiger partial charge on any atom is -0.481 e. The number of nitrogens with one attached hydrogen (secondary N) is 1. The van der Waals surface area contributed by atoms with Crippen molar-refractivity contribution in [1.29, 1.82) is 0 Å². The van der Waals surface area contributed by atoms with Gasteiger partial charge < -0.3 is 5.11 Å². The van der Waals surface area contributed by atoms with Gasteiger partial charge >= 0.3 is 5.97 Å². The van der Waals surface area contributed by atoms with Gasteiger partial charge in [-0.3, -0.25) is 4.79 Å². The van der Waals surface area contributed by atoms with E-state index in [4.69, 9.17) is 5.11 Å². The fourth-order valence-electron chi connectivity index (χ4n) is 2.27. The summed E-state index contributed by atoms with van der Waals surface area (Å²) in [7, 11) is -3.53. The summed E-state index contributed by atoms with van der Waals surface area (Å²) in [6.07, 6.45) is 1.28. The van der Waals surface area contributed by atoms with Crippen LogP contribution in [0.2, 0.25) is 0 Å². The van der Waals surface area contributed by atoms with Gasteiger partial charge in [-0.25, -0.2) is 9.71 Å². The Balaban J connectivity index is 1.81. The molecule has 2 heterocycles. The SMILES string of the molecule is Cc1nc(CCNS(=O)(=O)N2CCC(C(=O)O)CC2)cs1. The number of hydrogen-bond donors (Lipinski definition) is 2. The van der Waals surface area contributed by atoms with Crippen molar-refractivity contribution in [3.05, 3.63) is 16.1 Å². The molecule has 2 rings (SSSR count). The second-order valence-electron chi connectivity index (χ2n) is 5.02. The molecule has 118 valence electrons. The van der Waals surface area contributed by atoms with E-state index in [0.29, 0.717) is 25.8 Å². The number of thiazole rings is 1. The molecule has 0 atom stereocenters. The van der Waals surface area contributed by atoms with Crippen LogP contribution < -0.4 is 4.72 Å². The van der Waals surface area contributed by atoms with Crippen LogP contribution in [0.25, 0.3) is 0 Å². The summed E-state index contributed by atoms with van der Waals surface area (Å²) in [4.78, 5) is 15.1. The van der Waals surface area contributed by atoms with Crippen molar-refractivity contribution >= 4 is 27.5 Å². The molecule has 0 bridgehead atoms. The van der Waals surface area contributed by atoms with E-state index in [-0.39, 0.29) is 13.1 Å². The second-order valence-corrected chi connectivity index (χ2v) is 7.84. The Labute approximate surface area is 128 Å². The van der Waals surface area contributed by atoms with Crippen molar-refractivity contribution in [1.82, 2.24) is 14.0 Å². The Morgan fingerprint density at radius 2 is 2.19 bits per heavy atom. The number of hydrogen-bond acceptors (Lipinski definition) is 5. The Morgan fingerprint density at radius 1 is 1.52 bits per heavy atom. The number of nitrogens with zero attached hydrogens (tertiary/aromatic N) is 2. The number of rotatable bonds is 6. The molecule has 1 aliphatic rings. The van der Waals surface area contributed by atoms with Crippen molar-refractivity contribution < 1.29 is 18.3 Å².